The minimum absolute atomic E-state index is 0.994. The molecule has 0 spiro atoms. The van der Waals surface area contributed by atoms with Gasteiger partial charge >= 0.3 is 0 Å². The Morgan fingerprint density at radius 1 is 0.667 bits per heavy atom. The molecule has 1 nitrogen and oxygen atoms in total. The van der Waals surface area contributed by atoms with Crippen LogP contribution in [0.1, 0.15) is 25.0 Å². The molecule has 0 atom stereocenters. The van der Waals surface area contributed by atoms with Crippen molar-refractivity contribution in [2.45, 2.75) is 27.3 Å². The number of aryl methyl sites for hydroxylation is 1. The Morgan fingerprint density at radius 3 is 2.11 bits per heavy atom. The summed E-state index contributed by atoms with van der Waals surface area (Å²) in [6.07, 6.45) is 0. The molecular formula is C26H27N. The minimum Gasteiger partial charge on any atom is -0.300 e. The van der Waals surface area contributed by atoms with Crippen LogP contribution in [0.5, 0.6) is 0 Å². The van der Waals surface area contributed by atoms with Gasteiger partial charge in [-0.3, -0.25) is 4.90 Å². The summed E-state index contributed by atoms with van der Waals surface area (Å²) in [5.74, 6) is 0. The lowest BCUT2D eigenvalue weighted by Crippen LogP contribution is -2.22. The lowest BCUT2D eigenvalue weighted by Gasteiger charge is -2.21. The third kappa shape index (κ3) is 3.48. The van der Waals surface area contributed by atoms with Gasteiger partial charge in [-0.25, -0.2) is 0 Å². The van der Waals surface area contributed by atoms with E-state index in [1.165, 1.54) is 43.8 Å². The second kappa shape index (κ2) is 7.54. The summed E-state index contributed by atoms with van der Waals surface area (Å²) in [6.45, 7) is 9.81. The van der Waals surface area contributed by atoms with E-state index in [9.17, 15) is 0 Å². The van der Waals surface area contributed by atoms with Gasteiger partial charge in [0.25, 0.3) is 0 Å². The predicted octanol–water partition coefficient (Wildman–Crippen LogP) is 6.81. The quantitative estimate of drug-likeness (QED) is 0.356. The summed E-state index contributed by atoms with van der Waals surface area (Å²) in [4.78, 5) is 2.48. The molecule has 0 aliphatic heterocycles. The van der Waals surface area contributed by atoms with Crippen molar-refractivity contribution >= 4 is 21.5 Å². The van der Waals surface area contributed by atoms with Crippen LogP contribution in [0.3, 0.4) is 0 Å². The number of hydrogen-bond donors (Lipinski definition) is 0. The molecule has 4 rings (SSSR count). The van der Waals surface area contributed by atoms with Gasteiger partial charge in [0.2, 0.25) is 0 Å². The molecule has 0 aliphatic carbocycles. The first-order valence-electron chi connectivity index (χ1n) is 9.93. The number of fused-ring (bicyclic) bond motifs is 2. The van der Waals surface area contributed by atoms with E-state index in [2.05, 4.69) is 98.5 Å². The minimum atomic E-state index is 0.994. The fraction of sp³-hybridized carbons (Fsp3) is 0.231. The highest BCUT2D eigenvalue weighted by atomic mass is 15.1. The summed E-state index contributed by atoms with van der Waals surface area (Å²) in [7, 11) is 0. The Kier molecular flexibility index (Phi) is 4.96. The van der Waals surface area contributed by atoms with Crippen LogP contribution in [0.2, 0.25) is 0 Å². The van der Waals surface area contributed by atoms with Crippen molar-refractivity contribution in [2.75, 3.05) is 13.1 Å². The van der Waals surface area contributed by atoms with Crippen molar-refractivity contribution in [3.05, 3.63) is 83.9 Å². The molecule has 4 aromatic carbocycles. The van der Waals surface area contributed by atoms with Crippen molar-refractivity contribution in [2.24, 2.45) is 0 Å². The first-order valence-corrected chi connectivity index (χ1v) is 9.93. The summed E-state index contributed by atoms with van der Waals surface area (Å²) in [6, 6.07) is 26.9. The highest BCUT2D eigenvalue weighted by Crippen LogP contribution is 2.34. The third-order valence-electron chi connectivity index (χ3n) is 5.59. The van der Waals surface area contributed by atoms with Gasteiger partial charge in [0.15, 0.2) is 0 Å². The molecule has 4 aromatic rings. The molecule has 0 heterocycles. The fourth-order valence-corrected chi connectivity index (χ4v) is 4.01. The number of benzene rings is 4. The lowest BCUT2D eigenvalue weighted by molar-refractivity contribution is 0.296. The second-order valence-corrected chi connectivity index (χ2v) is 7.35. The van der Waals surface area contributed by atoms with Crippen molar-refractivity contribution < 1.29 is 0 Å². The average molecular weight is 354 g/mol. The van der Waals surface area contributed by atoms with Crippen molar-refractivity contribution in [1.29, 1.82) is 0 Å². The van der Waals surface area contributed by atoms with Gasteiger partial charge in [-0.15, -0.1) is 0 Å². The molecule has 0 saturated carbocycles. The Labute approximate surface area is 162 Å². The van der Waals surface area contributed by atoms with Gasteiger partial charge in [-0.2, -0.15) is 0 Å². The molecule has 0 amide bonds. The maximum Gasteiger partial charge on any atom is 0.0239 e. The van der Waals surface area contributed by atoms with E-state index >= 15 is 0 Å². The normalized spacial score (nSPS) is 11.6. The van der Waals surface area contributed by atoms with Gasteiger partial charge in [-0.1, -0.05) is 80.1 Å². The highest BCUT2D eigenvalue weighted by Gasteiger charge is 2.12. The maximum absolute atomic E-state index is 2.48. The van der Waals surface area contributed by atoms with Crippen LogP contribution in [-0.4, -0.2) is 18.0 Å². The summed E-state index contributed by atoms with van der Waals surface area (Å²) in [5.41, 5.74) is 5.43. The summed E-state index contributed by atoms with van der Waals surface area (Å²) < 4.78 is 0. The number of hydrogen-bond acceptors (Lipinski definition) is 1. The van der Waals surface area contributed by atoms with Crippen LogP contribution in [0.15, 0.2) is 72.8 Å². The molecular weight excluding hydrogens is 326 g/mol. The van der Waals surface area contributed by atoms with Crippen LogP contribution in [0.4, 0.5) is 0 Å². The standard InChI is InChI=1S/C26H27N/c1-4-27(5-2)18-23-15-19(3)13-14-24(23)25-12-8-11-22-16-20-9-6-7-10-21(20)17-26(22)25/h6-17H,4-5,18H2,1-3H3. The molecule has 0 radical (unpaired) electrons. The van der Waals surface area contributed by atoms with Gasteiger partial charge in [0.1, 0.15) is 0 Å². The molecule has 136 valence electrons. The Morgan fingerprint density at radius 2 is 1.37 bits per heavy atom. The van der Waals surface area contributed by atoms with E-state index in [4.69, 9.17) is 0 Å². The van der Waals surface area contributed by atoms with Gasteiger partial charge in [-0.05, 0) is 70.4 Å². The Hall–Kier alpha value is -2.64. The Balaban J connectivity index is 1.93. The van der Waals surface area contributed by atoms with Crippen molar-refractivity contribution in [1.82, 2.24) is 4.90 Å². The molecule has 0 unspecified atom stereocenters. The molecule has 0 N–H and O–H groups in total. The highest BCUT2D eigenvalue weighted by molar-refractivity contribution is 6.05. The maximum atomic E-state index is 2.48. The van der Waals surface area contributed by atoms with Crippen molar-refractivity contribution in [3.8, 4) is 11.1 Å². The van der Waals surface area contributed by atoms with E-state index < -0.39 is 0 Å². The first kappa shape index (κ1) is 17.8. The molecule has 0 aromatic heterocycles. The van der Waals surface area contributed by atoms with Crippen LogP contribution >= 0.6 is 0 Å². The SMILES string of the molecule is CCN(CC)Cc1cc(C)ccc1-c1cccc2cc3ccccc3cc12. The third-order valence-corrected chi connectivity index (χ3v) is 5.59. The molecule has 0 aliphatic rings. The van der Waals surface area contributed by atoms with Crippen LogP contribution in [0, 0.1) is 6.92 Å². The lowest BCUT2D eigenvalue weighted by atomic mass is 9.92. The van der Waals surface area contributed by atoms with E-state index in [0.29, 0.717) is 0 Å². The smallest absolute Gasteiger partial charge is 0.0239 e. The zero-order chi connectivity index (χ0) is 18.8. The molecule has 0 bridgehead atoms. The van der Waals surface area contributed by atoms with Gasteiger partial charge < -0.3 is 0 Å². The number of nitrogens with zero attached hydrogens (tertiary/aromatic N) is 1. The fourth-order valence-electron chi connectivity index (χ4n) is 4.01. The monoisotopic (exact) mass is 353 g/mol. The molecule has 0 saturated heterocycles. The molecule has 1 heteroatoms. The van der Waals surface area contributed by atoms with Gasteiger partial charge in [0, 0.05) is 6.54 Å². The van der Waals surface area contributed by atoms with E-state index in [1.807, 2.05) is 0 Å². The number of rotatable bonds is 5. The van der Waals surface area contributed by atoms with E-state index in [1.54, 1.807) is 0 Å². The topological polar surface area (TPSA) is 3.24 Å². The average Bonchev–Trinajstić information content (AvgIpc) is 2.70. The predicted molar refractivity (Wildman–Crippen MR) is 118 cm³/mol. The van der Waals surface area contributed by atoms with E-state index in [0.717, 1.165) is 19.6 Å². The zero-order valence-electron chi connectivity index (χ0n) is 16.5. The largest absolute Gasteiger partial charge is 0.300 e. The van der Waals surface area contributed by atoms with Crippen LogP contribution in [0.25, 0.3) is 32.7 Å². The molecule has 27 heavy (non-hydrogen) atoms. The van der Waals surface area contributed by atoms with E-state index in [-0.39, 0.29) is 0 Å². The van der Waals surface area contributed by atoms with Crippen LogP contribution < -0.4 is 0 Å². The van der Waals surface area contributed by atoms with Crippen LogP contribution in [-0.2, 0) is 6.54 Å². The molecule has 0 fully saturated rings. The summed E-state index contributed by atoms with van der Waals surface area (Å²) in [5, 5.41) is 5.24. The van der Waals surface area contributed by atoms with Crippen molar-refractivity contribution in [3.63, 3.8) is 0 Å². The zero-order valence-corrected chi connectivity index (χ0v) is 16.5. The second-order valence-electron chi connectivity index (χ2n) is 7.35. The Bertz CT molecular complexity index is 1090. The first-order chi connectivity index (χ1) is 13.2. The summed E-state index contributed by atoms with van der Waals surface area (Å²) >= 11 is 0. The van der Waals surface area contributed by atoms with Gasteiger partial charge in [0.05, 0.1) is 0 Å².